The Bertz CT molecular complexity index is 592. The molecule has 2 heterocycles. The predicted octanol–water partition coefficient (Wildman–Crippen LogP) is 2.87. The lowest BCUT2D eigenvalue weighted by molar-refractivity contribution is 0.392. The molecule has 19 heavy (non-hydrogen) atoms. The summed E-state index contributed by atoms with van der Waals surface area (Å²) in [5.41, 5.74) is 5.13. The van der Waals surface area contributed by atoms with Gasteiger partial charge in [0.15, 0.2) is 0 Å². The van der Waals surface area contributed by atoms with Crippen LogP contribution in [0.2, 0.25) is 0 Å². The Morgan fingerprint density at radius 2 is 2.16 bits per heavy atom. The largest absolute Gasteiger partial charge is 0.331 e. The van der Waals surface area contributed by atoms with E-state index in [9.17, 15) is 0 Å². The minimum atomic E-state index is 0.602. The van der Waals surface area contributed by atoms with Crippen LogP contribution in [-0.2, 0) is 13.5 Å². The highest BCUT2D eigenvalue weighted by molar-refractivity contribution is 5.80. The molecule has 0 aliphatic carbocycles. The SMILES string of the molecule is Cc1ccc2nc(CC3CCCCN3)n(C)c2c1C. The number of aryl methyl sites for hydroxylation is 3. The number of aromatic nitrogens is 2. The summed E-state index contributed by atoms with van der Waals surface area (Å²) in [6, 6.07) is 4.92. The van der Waals surface area contributed by atoms with Gasteiger partial charge in [-0.2, -0.15) is 0 Å². The summed E-state index contributed by atoms with van der Waals surface area (Å²) >= 11 is 0. The molecule has 1 aromatic carbocycles. The Kier molecular flexibility index (Phi) is 3.31. The van der Waals surface area contributed by atoms with Gasteiger partial charge in [0.2, 0.25) is 0 Å². The number of hydrogen-bond acceptors (Lipinski definition) is 2. The second-order valence-corrected chi connectivity index (χ2v) is 5.81. The van der Waals surface area contributed by atoms with Crippen LogP contribution in [0.25, 0.3) is 11.0 Å². The van der Waals surface area contributed by atoms with Gasteiger partial charge in [-0.1, -0.05) is 12.5 Å². The van der Waals surface area contributed by atoms with Gasteiger partial charge in [0.1, 0.15) is 5.82 Å². The summed E-state index contributed by atoms with van der Waals surface area (Å²) in [7, 11) is 2.15. The number of rotatable bonds is 2. The Labute approximate surface area is 115 Å². The predicted molar refractivity (Wildman–Crippen MR) is 79.5 cm³/mol. The minimum Gasteiger partial charge on any atom is -0.331 e. The van der Waals surface area contributed by atoms with Crippen LogP contribution in [0.3, 0.4) is 0 Å². The molecule has 1 N–H and O–H groups in total. The number of imidazole rings is 1. The van der Waals surface area contributed by atoms with E-state index < -0.39 is 0 Å². The fraction of sp³-hybridized carbons (Fsp3) is 0.562. The zero-order valence-corrected chi connectivity index (χ0v) is 12.2. The summed E-state index contributed by atoms with van der Waals surface area (Å²) in [5.74, 6) is 1.21. The van der Waals surface area contributed by atoms with Gasteiger partial charge in [-0.05, 0) is 50.4 Å². The number of piperidine rings is 1. The second kappa shape index (κ2) is 4.97. The van der Waals surface area contributed by atoms with Gasteiger partial charge in [0.25, 0.3) is 0 Å². The van der Waals surface area contributed by atoms with Gasteiger partial charge >= 0.3 is 0 Å². The van der Waals surface area contributed by atoms with E-state index in [0.717, 1.165) is 18.5 Å². The maximum absolute atomic E-state index is 4.83. The molecular weight excluding hydrogens is 234 g/mol. The molecule has 0 saturated carbocycles. The van der Waals surface area contributed by atoms with Gasteiger partial charge in [0, 0.05) is 19.5 Å². The highest BCUT2D eigenvalue weighted by atomic mass is 15.1. The van der Waals surface area contributed by atoms with E-state index in [0.29, 0.717) is 6.04 Å². The lowest BCUT2D eigenvalue weighted by atomic mass is 10.0. The standard InChI is InChI=1S/C16H23N3/c1-11-7-8-14-16(12(11)2)19(3)15(18-14)10-13-6-4-5-9-17-13/h7-8,13,17H,4-6,9-10H2,1-3H3. The van der Waals surface area contributed by atoms with Crippen LogP contribution in [0.5, 0.6) is 0 Å². The fourth-order valence-corrected chi connectivity index (χ4v) is 3.14. The molecule has 1 aliphatic rings. The number of nitrogens with one attached hydrogen (secondary N) is 1. The van der Waals surface area contributed by atoms with Gasteiger partial charge < -0.3 is 9.88 Å². The maximum Gasteiger partial charge on any atom is 0.111 e. The second-order valence-electron chi connectivity index (χ2n) is 5.81. The Morgan fingerprint density at radius 1 is 1.32 bits per heavy atom. The summed E-state index contributed by atoms with van der Waals surface area (Å²) in [6.45, 7) is 5.53. The number of nitrogens with zero attached hydrogens (tertiary/aromatic N) is 2. The lowest BCUT2D eigenvalue weighted by Gasteiger charge is -2.23. The molecule has 3 rings (SSSR count). The minimum absolute atomic E-state index is 0.602. The van der Waals surface area contributed by atoms with E-state index in [2.05, 4.69) is 42.9 Å². The van der Waals surface area contributed by atoms with Crippen molar-refractivity contribution in [3.8, 4) is 0 Å². The molecule has 1 atom stereocenters. The molecular formula is C16H23N3. The van der Waals surface area contributed by atoms with E-state index in [4.69, 9.17) is 4.98 Å². The van der Waals surface area contributed by atoms with Crippen molar-refractivity contribution >= 4 is 11.0 Å². The van der Waals surface area contributed by atoms with Crippen molar-refractivity contribution in [3.05, 3.63) is 29.1 Å². The first-order chi connectivity index (χ1) is 9.16. The number of hydrogen-bond donors (Lipinski definition) is 1. The van der Waals surface area contributed by atoms with Crippen molar-refractivity contribution in [2.45, 2.75) is 45.6 Å². The topological polar surface area (TPSA) is 29.9 Å². The Hall–Kier alpha value is -1.35. The zero-order chi connectivity index (χ0) is 13.4. The first-order valence-electron chi connectivity index (χ1n) is 7.31. The molecule has 102 valence electrons. The zero-order valence-electron chi connectivity index (χ0n) is 12.2. The van der Waals surface area contributed by atoms with Crippen molar-refractivity contribution in [2.24, 2.45) is 7.05 Å². The van der Waals surface area contributed by atoms with Gasteiger partial charge in [-0.25, -0.2) is 4.98 Å². The summed E-state index contributed by atoms with van der Waals surface area (Å²) in [4.78, 5) is 4.83. The van der Waals surface area contributed by atoms with Gasteiger partial charge in [0.05, 0.1) is 11.0 Å². The molecule has 0 spiro atoms. The Balaban J connectivity index is 1.96. The monoisotopic (exact) mass is 257 g/mol. The van der Waals surface area contributed by atoms with Crippen molar-refractivity contribution < 1.29 is 0 Å². The quantitative estimate of drug-likeness (QED) is 0.896. The molecule has 0 bridgehead atoms. The third-order valence-corrected chi connectivity index (χ3v) is 4.49. The smallest absolute Gasteiger partial charge is 0.111 e. The van der Waals surface area contributed by atoms with E-state index in [1.165, 1.54) is 41.7 Å². The van der Waals surface area contributed by atoms with Crippen LogP contribution in [0, 0.1) is 13.8 Å². The molecule has 0 radical (unpaired) electrons. The van der Waals surface area contributed by atoms with Crippen LogP contribution >= 0.6 is 0 Å². The fourth-order valence-electron chi connectivity index (χ4n) is 3.14. The molecule has 1 aromatic heterocycles. The van der Waals surface area contributed by atoms with Gasteiger partial charge in [-0.15, -0.1) is 0 Å². The highest BCUT2D eigenvalue weighted by Gasteiger charge is 2.17. The Morgan fingerprint density at radius 3 is 2.89 bits per heavy atom. The first kappa shape index (κ1) is 12.7. The van der Waals surface area contributed by atoms with Crippen LogP contribution in [0.15, 0.2) is 12.1 Å². The molecule has 1 aliphatic heterocycles. The van der Waals surface area contributed by atoms with E-state index in [1.807, 2.05) is 0 Å². The average Bonchev–Trinajstić information content (AvgIpc) is 2.73. The number of benzene rings is 1. The molecule has 1 fully saturated rings. The van der Waals surface area contributed by atoms with Crippen LogP contribution < -0.4 is 5.32 Å². The highest BCUT2D eigenvalue weighted by Crippen LogP contribution is 2.23. The van der Waals surface area contributed by atoms with Crippen molar-refractivity contribution in [1.82, 2.24) is 14.9 Å². The van der Waals surface area contributed by atoms with Crippen LogP contribution in [0.1, 0.15) is 36.2 Å². The van der Waals surface area contributed by atoms with Crippen molar-refractivity contribution in [1.29, 1.82) is 0 Å². The maximum atomic E-state index is 4.83. The third kappa shape index (κ3) is 2.27. The van der Waals surface area contributed by atoms with Crippen LogP contribution in [-0.4, -0.2) is 22.1 Å². The summed E-state index contributed by atoms with van der Waals surface area (Å²) in [6.07, 6.45) is 4.99. The molecule has 3 heteroatoms. The third-order valence-electron chi connectivity index (χ3n) is 4.49. The lowest BCUT2D eigenvalue weighted by Crippen LogP contribution is -2.36. The van der Waals surface area contributed by atoms with Gasteiger partial charge in [-0.3, -0.25) is 0 Å². The average molecular weight is 257 g/mol. The molecule has 3 nitrogen and oxygen atoms in total. The van der Waals surface area contributed by atoms with Crippen LogP contribution in [0.4, 0.5) is 0 Å². The first-order valence-corrected chi connectivity index (χ1v) is 7.31. The van der Waals surface area contributed by atoms with E-state index in [1.54, 1.807) is 0 Å². The van der Waals surface area contributed by atoms with Crippen molar-refractivity contribution in [3.63, 3.8) is 0 Å². The summed E-state index contributed by atoms with van der Waals surface area (Å²) in [5, 5.41) is 3.61. The normalized spacial score (nSPS) is 20.1. The molecule has 0 amide bonds. The van der Waals surface area contributed by atoms with E-state index >= 15 is 0 Å². The molecule has 1 saturated heterocycles. The van der Waals surface area contributed by atoms with Crippen molar-refractivity contribution in [2.75, 3.05) is 6.54 Å². The number of fused-ring (bicyclic) bond motifs is 1. The summed E-state index contributed by atoms with van der Waals surface area (Å²) < 4.78 is 2.29. The molecule has 1 unspecified atom stereocenters. The molecule has 2 aromatic rings. The van der Waals surface area contributed by atoms with E-state index in [-0.39, 0.29) is 0 Å².